The molecule has 1 amide bonds. The van der Waals surface area contributed by atoms with Crippen molar-refractivity contribution in [2.45, 2.75) is 58.0 Å². The van der Waals surface area contributed by atoms with Crippen LogP contribution in [0.25, 0.3) is 0 Å². The molecule has 104 valence electrons. The van der Waals surface area contributed by atoms with Crippen LogP contribution in [0.4, 0.5) is 0 Å². The summed E-state index contributed by atoms with van der Waals surface area (Å²) in [6, 6.07) is 0.0318. The largest absolute Gasteiger partial charge is 0.341 e. The van der Waals surface area contributed by atoms with Crippen LogP contribution in [0, 0.1) is 11.3 Å². The lowest BCUT2D eigenvalue weighted by molar-refractivity contribution is -0.133. The molecule has 1 aliphatic carbocycles. The van der Waals surface area contributed by atoms with Crippen molar-refractivity contribution in [1.29, 1.82) is 0 Å². The number of likely N-dealkylation sites (tertiary alicyclic amines) is 1. The van der Waals surface area contributed by atoms with E-state index in [-0.39, 0.29) is 17.9 Å². The van der Waals surface area contributed by atoms with Gasteiger partial charge in [0.15, 0.2) is 0 Å². The smallest absolute Gasteiger partial charge is 0.239 e. The van der Waals surface area contributed by atoms with E-state index in [0.717, 1.165) is 32.4 Å². The minimum atomic E-state index is -0.342. The summed E-state index contributed by atoms with van der Waals surface area (Å²) in [5.41, 5.74) is 12.3. The fourth-order valence-corrected chi connectivity index (χ4v) is 3.28. The van der Waals surface area contributed by atoms with E-state index < -0.39 is 0 Å². The highest BCUT2D eigenvalue weighted by molar-refractivity contribution is 5.82. The topological polar surface area (TPSA) is 72.4 Å². The Morgan fingerprint density at radius 2 is 1.89 bits per heavy atom. The van der Waals surface area contributed by atoms with Gasteiger partial charge in [-0.3, -0.25) is 4.79 Å². The number of hydrogen-bond donors (Lipinski definition) is 2. The molecule has 0 aromatic carbocycles. The molecule has 4 N–H and O–H groups in total. The van der Waals surface area contributed by atoms with Crippen LogP contribution in [-0.4, -0.2) is 36.0 Å². The van der Waals surface area contributed by atoms with Gasteiger partial charge < -0.3 is 16.4 Å². The highest BCUT2D eigenvalue weighted by Gasteiger charge is 2.42. The third kappa shape index (κ3) is 2.69. The molecule has 2 aliphatic rings. The van der Waals surface area contributed by atoms with Crippen LogP contribution in [0.1, 0.15) is 46.0 Å². The summed E-state index contributed by atoms with van der Waals surface area (Å²) < 4.78 is 0. The van der Waals surface area contributed by atoms with Crippen LogP contribution in [0.3, 0.4) is 0 Å². The Hall–Kier alpha value is -0.610. The van der Waals surface area contributed by atoms with Gasteiger partial charge in [-0.2, -0.15) is 0 Å². The van der Waals surface area contributed by atoms with Gasteiger partial charge in [-0.15, -0.1) is 0 Å². The van der Waals surface area contributed by atoms with Crippen molar-refractivity contribution in [3.63, 3.8) is 0 Å². The maximum Gasteiger partial charge on any atom is 0.239 e. The molecule has 0 unspecified atom stereocenters. The van der Waals surface area contributed by atoms with Gasteiger partial charge in [0.2, 0.25) is 5.91 Å². The summed E-state index contributed by atoms with van der Waals surface area (Å²) in [5, 5.41) is 0. The Bertz CT molecular complexity index is 308. The van der Waals surface area contributed by atoms with Crippen molar-refractivity contribution in [1.82, 2.24) is 4.90 Å². The Kier molecular flexibility index (Phi) is 3.97. The molecule has 4 nitrogen and oxygen atoms in total. The van der Waals surface area contributed by atoms with Crippen molar-refractivity contribution in [3.8, 4) is 0 Å². The predicted octanol–water partition coefficient (Wildman–Crippen LogP) is 1.09. The van der Waals surface area contributed by atoms with Crippen LogP contribution in [-0.2, 0) is 4.79 Å². The molecule has 1 atom stereocenters. The van der Waals surface area contributed by atoms with E-state index in [2.05, 4.69) is 0 Å². The van der Waals surface area contributed by atoms with Crippen molar-refractivity contribution in [2.75, 3.05) is 13.1 Å². The summed E-state index contributed by atoms with van der Waals surface area (Å²) in [7, 11) is 0. The monoisotopic (exact) mass is 253 g/mol. The zero-order valence-corrected chi connectivity index (χ0v) is 11.7. The number of carbonyl (C=O) groups excluding carboxylic acids is 1. The maximum absolute atomic E-state index is 12.3. The van der Waals surface area contributed by atoms with Gasteiger partial charge >= 0.3 is 0 Å². The number of nitrogens with zero attached hydrogens (tertiary/aromatic N) is 1. The second-order valence-corrected chi connectivity index (χ2v) is 6.62. The molecule has 2 fully saturated rings. The van der Waals surface area contributed by atoms with E-state index in [4.69, 9.17) is 11.5 Å². The van der Waals surface area contributed by atoms with Gasteiger partial charge in [-0.05, 0) is 43.4 Å². The minimum absolute atomic E-state index is 0.136. The summed E-state index contributed by atoms with van der Waals surface area (Å²) in [4.78, 5) is 14.2. The van der Waals surface area contributed by atoms with E-state index in [0.29, 0.717) is 11.5 Å². The van der Waals surface area contributed by atoms with E-state index in [1.165, 1.54) is 12.8 Å². The van der Waals surface area contributed by atoms with Crippen LogP contribution in [0.5, 0.6) is 0 Å². The predicted molar refractivity (Wildman–Crippen MR) is 72.9 cm³/mol. The quantitative estimate of drug-likeness (QED) is 0.774. The second kappa shape index (κ2) is 5.17. The first-order chi connectivity index (χ1) is 8.43. The third-order valence-electron chi connectivity index (χ3n) is 4.84. The van der Waals surface area contributed by atoms with Gasteiger partial charge in [0.05, 0.1) is 6.04 Å². The van der Waals surface area contributed by atoms with E-state index in [9.17, 15) is 4.79 Å². The van der Waals surface area contributed by atoms with Crippen molar-refractivity contribution < 1.29 is 4.79 Å². The summed E-state index contributed by atoms with van der Waals surface area (Å²) in [6.45, 7) is 5.80. The highest BCUT2D eigenvalue weighted by Crippen LogP contribution is 2.43. The van der Waals surface area contributed by atoms with Crippen molar-refractivity contribution in [2.24, 2.45) is 22.8 Å². The summed E-state index contributed by atoms with van der Waals surface area (Å²) in [5.74, 6) is 0.352. The molecular formula is C14H27N3O. The van der Waals surface area contributed by atoms with Crippen LogP contribution in [0.2, 0.25) is 0 Å². The molecular weight excluding hydrogens is 226 g/mol. The Morgan fingerprint density at radius 3 is 2.44 bits per heavy atom. The fraction of sp³-hybridized carbons (Fsp3) is 0.929. The van der Waals surface area contributed by atoms with E-state index in [1.807, 2.05) is 18.7 Å². The van der Waals surface area contributed by atoms with Gasteiger partial charge in [-0.25, -0.2) is 0 Å². The second-order valence-electron chi connectivity index (χ2n) is 6.62. The molecule has 1 saturated heterocycles. The molecule has 1 saturated carbocycles. The van der Waals surface area contributed by atoms with E-state index in [1.54, 1.807) is 0 Å². The van der Waals surface area contributed by atoms with Crippen molar-refractivity contribution in [3.05, 3.63) is 0 Å². The molecule has 4 heteroatoms. The summed E-state index contributed by atoms with van der Waals surface area (Å²) >= 11 is 0. The number of hydrogen-bond acceptors (Lipinski definition) is 3. The molecule has 2 rings (SSSR count). The van der Waals surface area contributed by atoms with Crippen LogP contribution in [0.15, 0.2) is 0 Å². The normalized spacial score (nSPS) is 34.3. The lowest BCUT2D eigenvalue weighted by Crippen LogP contribution is -2.46. The zero-order valence-electron chi connectivity index (χ0n) is 11.7. The first-order valence-electron chi connectivity index (χ1n) is 7.23. The van der Waals surface area contributed by atoms with Crippen LogP contribution >= 0.6 is 0 Å². The van der Waals surface area contributed by atoms with Crippen LogP contribution < -0.4 is 11.5 Å². The average Bonchev–Trinajstić information content (AvgIpc) is 2.76. The fourth-order valence-electron chi connectivity index (χ4n) is 3.28. The molecule has 0 aromatic rings. The lowest BCUT2D eigenvalue weighted by atomic mass is 9.72. The number of nitrogens with two attached hydrogens (primary N) is 2. The summed E-state index contributed by atoms with van der Waals surface area (Å²) in [6.07, 6.45) is 5.70. The maximum atomic E-state index is 12.3. The molecule has 0 aromatic heterocycles. The first-order valence-corrected chi connectivity index (χ1v) is 7.23. The highest BCUT2D eigenvalue weighted by atomic mass is 16.2. The Balaban J connectivity index is 1.94. The van der Waals surface area contributed by atoms with Gasteiger partial charge in [0, 0.05) is 19.1 Å². The lowest BCUT2D eigenvalue weighted by Gasteiger charge is -2.36. The zero-order chi connectivity index (χ0) is 13.3. The average molecular weight is 253 g/mol. The number of amides is 1. The van der Waals surface area contributed by atoms with Gasteiger partial charge in [0.25, 0.3) is 0 Å². The SMILES string of the molecule is CC(C)[C@H](N)C(=O)N1CCC2(CCC(N)CC2)C1. The molecule has 1 aliphatic heterocycles. The molecule has 0 radical (unpaired) electrons. The molecule has 0 bridgehead atoms. The molecule has 1 spiro atoms. The van der Waals surface area contributed by atoms with Gasteiger partial charge in [-0.1, -0.05) is 13.8 Å². The number of carbonyl (C=O) groups is 1. The first kappa shape index (κ1) is 13.8. The number of rotatable bonds is 2. The third-order valence-corrected chi connectivity index (χ3v) is 4.84. The molecule has 18 heavy (non-hydrogen) atoms. The minimum Gasteiger partial charge on any atom is -0.341 e. The van der Waals surface area contributed by atoms with Gasteiger partial charge in [0.1, 0.15) is 0 Å². The molecule has 1 heterocycles. The van der Waals surface area contributed by atoms with Crippen molar-refractivity contribution >= 4 is 5.91 Å². The standard InChI is InChI=1S/C14H27N3O/c1-10(2)12(16)13(18)17-8-7-14(9-17)5-3-11(15)4-6-14/h10-12H,3-9,15-16H2,1-2H3/t11?,12-,14?/m0/s1. The Labute approximate surface area is 110 Å². The van der Waals surface area contributed by atoms with E-state index >= 15 is 0 Å². The Morgan fingerprint density at radius 1 is 1.28 bits per heavy atom.